The van der Waals surface area contributed by atoms with E-state index in [-0.39, 0.29) is 11.1 Å². The summed E-state index contributed by atoms with van der Waals surface area (Å²) in [6.45, 7) is 0. The maximum Gasteiger partial charge on any atom is 0.335 e. The molecule has 0 atom stereocenters. The van der Waals surface area contributed by atoms with Crippen molar-refractivity contribution in [3.63, 3.8) is 0 Å². The van der Waals surface area contributed by atoms with Gasteiger partial charge in [0.25, 0.3) is 5.56 Å². The lowest BCUT2D eigenvalue weighted by Crippen LogP contribution is -2.09. The van der Waals surface area contributed by atoms with E-state index in [9.17, 15) is 9.59 Å². The highest BCUT2D eigenvalue weighted by molar-refractivity contribution is 7.98. The Morgan fingerprint density at radius 3 is 2.88 bits per heavy atom. The second-order valence-electron chi connectivity index (χ2n) is 3.11. The smallest absolute Gasteiger partial charge is 0.335 e. The predicted octanol–water partition coefficient (Wildman–Crippen LogP) is 1.34. The van der Waals surface area contributed by atoms with Crippen molar-refractivity contribution in [3.8, 4) is 0 Å². The van der Waals surface area contributed by atoms with Crippen molar-refractivity contribution in [2.24, 2.45) is 0 Å². The van der Waals surface area contributed by atoms with Gasteiger partial charge in [0, 0.05) is 0 Å². The standard InChI is InChI=1S/C10H8N2O3S/c1-16-10-11-7-4-5(9(14)15)2-3-6(7)8(13)12-10/h2-4H,1H3,(H,14,15)(H,11,12,13). The molecule has 2 N–H and O–H groups in total. The number of carboxylic acid groups (broad SMARTS) is 1. The second kappa shape index (κ2) is 3.97. The van der Waals surface area contributed by atoms with Gasteiger partial charge in [-0.3, -0.25) is 4.79 Å². The number of aromatic carboxylic acids is 1. The molecule has 1 aromatic heterocycles. The fourth-order valence-corrected chi connectivity index (χ4v) is 1.73. The number of aromatic amines is 1. The fourth-order valence-electron chi connectivity index (χ4n) is 1.35. The summed E-state index contributed by atoms with van der Waals surface area (Å²) < 4.78 is 0. The molecule has 0 spiro atoms. The number of rotatable bonds is 2. The van der Waals surface area contributed by atoms with E-state index in [4.69, 9.17) is 5.11 Å². The molecule has 82 valence electrons. The van der Waals surface area contributed by atoms with Gasteiger partial charge in [0.05, 0.1) is 16.5 Å². The first-order valence-corrected chi connectivity index (χ1v) is 5.65. The molecule has 0 bridgehead atoms. The Bertz CT molecular complexity index is 621. The average Bonchev–Trinajstić information content (AvgIpc) is 2.28. The minimum absolute atomic E-state index is 0.123. The summed E-state index contributed by atoms with van der Waals surface area (Å²) in [5.41, 5.74) is 0.261. The molecule has 0 aliphatic carbocycles. The van der Waals surface area contributed by atoms with E-state index < -0.39 is 5.97 Å². The summed E-state index contributed by atoms with van der Waals surface area (Å²) in [5, 5.41) is 9.68. The molecular weight excluding hydrogens is 228 g/mol. The number of nitrogens with one attached hydrogen (secondary N) is 1. The zero-order valence-corrected chi connectivity index (χ0v) is 9.17. The van der Waals surface area contributed by atoms with Gasteiger partial charge in [-0.2, -0.15) is 0 Å². The highest BCUT2D eigenvalue weighted by atomic mass is 32.2. The van der Waals surface area contributed by atoms with Crippen molar-refractivity contribution < 1.29 is 9.90 Å². The van der Waals surface area contributed by atoms with Crippen molar-refractivity contribution in [1.29, 1.82) is 0 Å². The molecule has 1 aromatic carbocycles. The van der Waals surface area contributed by atoms with E-state index in [2.05, 4.69) is 9.97 Å². The largest absolute Gasteiger partial charge is 0.478 e. The lowest BCUT2D eigenvalue weighted by Gasteiger charge is -2.00. The van der Waals surface area contributed by atoms with Crippen LogP contribution < -0.4 is 5.56 Å². The number of thioether (sulfide) groups is 1. The molecule has 0 saturated heterocycles. The lowest BCUT2D eigenvalue weighted by atomic mass is 10.1. The van der Waals surface area contributed by atoms with Crippen molar-refractivity contribution in [1.82, 2.24) is 9.97 Å². The van der Waals surface area contributed by atoms with Crippen LogP contribution in [0.25, 0.3) is 10.9 Å². The molecule has 2 rings (SSSR count). The number of carbonyl (C=O) groups is 1. The quantitative estimate of drug-likeness (QED) is 0.607. The van der Waals surface area contributed by atoms with Crippen LogP contribution in [0.5, 0.6) is 0 Å². The van der Waals surface area contributed by atoms with Gasteiger partial charge in [0.1, 0.15) is 0 Å². The molecule has 2 aromatic rings. The molecule has 0 aliphatic rings. The van der Waals surface area contributed by atoms with E-state index in [1.54, 1.807) is 6.26 Å². The van der Waals surface area contributed by atoms with Gasteiger partial charge in [0.2, 0.25) is 0 Å². The van der Waals surface area contributed by atoms with E-state index in [0.29, 0.717) is 16.1 Å². The monoisotopic (exact) mass is 236 g/mol. The molecule has 6 heteroatoms. The van der Waals surface area contributed by atoms with Crippen LogP contribution in [0, 0.1) is 0 Å². The number of H-pyrrole nitrogens is 1. The molecular formula is C10H8N2O3S. The van der Waals surface area contributed by atoms with Crippen LogP contribution in [0.3, 0.4) is 0 Å². The van der Waals surface area contributed by atoms with Crippen LogP contribution in [0.15, 0.2) is 28.2 Å². The van der Waals surface area contributed by atoms with Crippen molar-refractivity contribution in [2.75, 3.05) is 6.26 Å². The van der Waals surface area contributed by atoms with Gasteiger partial charge in [0.15, 0.2) is 5.16 Å². The van der Waals surface area contributed by atoms with E-state index in [1.165, 1.54) is 30.0 Å². The minimum Gasteiger partial charge on any atom is -0.478 e. The Kier molecular flexibility index (Phi) is 2.66. The maximum absolute atomic E-state index is 11.6. The maximum atomic E-state index is 11.6. The number of nitrogens with zero attached hydrogens (tertiary/aromatic N) is 1. The molecule has 0 saturated carbocycles. The third kappa shape index (κ3) is 1.79. The first-order chi connectivity index (χ1) is 7.61. The van der Waals surface area contributed by atoms with Crippen LogP contribution in [0.2, 0.25) is 0 Å². The molecule has 1 heterocycles. The van der Waals surface area contributed by atoms with Crippen LogP contribution in [-0.2, 0) is 0 Å². The molecule has 0 fully saturated rings. The highest BCUT2D eigenvalue weighted by Gasteiger charge is 2.07. The van der Waals surface area contributed by atoms with Gasteiger partial charge in [-0.1, -0.05) is 11.8 Å². The van der Waals surface area contributed by atoms with Gasteiger partial charge in [-0.15, -0.1) is 0 Å². The molecule has 0 unspecified atom stereocenters. The number of hydrogen-bond acceptors (Lipinski definition) is 4. The zero-order valence-electron chi connectivity index (χ0n) is 8.35. The number of fused-ring (bicyclic) bond motifs is 1. The molecule has 16 heavy (non-hydrogen) atoms. The number of hydrogen-bond donors (Lipinski definition) is 2. The number of benzene rings is 1. The summed E-state index contributed by atoms with van der Waals surface area (Å²) >= 11 is 1.30. The fraction of sp³-hybridized carbons (Fsp3) is 0.100. The molecule has 5 nitrogen and oxygen atoms in total. The summed E-state index contributed by atoms with van der Waals surface area (Å²) in [5.74, 6) is -1.03. The van der Waals surface area contributed by atoms with Crippen LogP contribution in [0.4, 0.5) is 0 Å². The SMILES string of the molecule is CSc1nc2cc(C(=O)O)ccc2c(=O)[nH]1. The van der Waals surface area contributed by atoms with Crippen molar-refractivity contribution in [2.45, 2.75) is 5.16 Å². The summed E-state index contributed by atoms with van der Waals surface area (Å²) in [7, 11) is 0. The van der Waals surface area contributed by atoms with Gasteiger partial charge >= 0.3 is 5.97 Å². The van der Waals surface area contributed by atoms with Crippen molar-refractivity contribution >= 4 is 28.6 Å². The Hall–Kier alpha value is -1.82. The topological polar surface area (TPSA) is 83.0 Å². The summed E-state index contributed by atoms with van der Waals surface area (Å²) in [6, 6.07) is 4.25. The van der Waals surface area contributed by atoms with Gasteiger partial charge < -0.3 is 10.1 Å². The third-order valence-electron chi connectivity index (χ3n) is 2.13. The molecule has 0 amide bonds. The predicted molar refractivity (Wildman–Crippen MR) is 61.1 cm³/mol. The third-order valence-corrected chi connectivity index (χ3v) is 2.71. The number of carboxylic acids is 1. The van der Waals surface area contributed by atoms with Crippen LogP contribution in [-0.4, -0.2) is 27.3 Å². The lowest BCUT2D eigenvalue weighted by molar-refractivity contribution is 0.0697. The van der Waals surface area contributed by atoms with E-state index in [1.807, 2.05) is 0 Å². The van der Waals surface area contributed by atoms with Crippen LogP contribution in [0.1, 0.15) is 10.4 Å². The van der Waals surface area contributed by atoms with E-state index >= 15 is 0 Å². The van der Waals surface area contributed by atoms with Gasteiger partial charge in [-0.25, -0.2) is 9.78 Å². The first-order valence-electron chi connectivity index (χ1n) is 4.43. The van der Waals surface area contributed by atoms with E-state index in [0.717, 1.165) is 0 Å². The molecule has 0 aliphatic heterocycles. The normalized spacial score (nSPS) is 10.6. The second-order valence-corrected chi connectivity index (χ2v) is 3.91. The van der Waals surface area contributed by atoms with Crippen molar-refractivity contribution in [3.05, 3.63) is 34.1 Å². The summed E-state index contributed by atoms with van der Waals surface area (Å²) in [6.07, 6.45) is 1.78. The Morgan fingerprint density at radius 1 is 1.50 bits per heavy atom. The summed E-state index contributed by atoms with van der Waals surface area (Å²) in [4.78, 5) is 29.1. The first kappa shape index (κ1) is 10.7. The van der Waals surface area contributed by atoms with Crippen LogP contribution >= 0.6 is 11.8 Å². The average molecular weight is 236 g/mol. The molecule has 0 radical (unpaired) electrons. The minimum atomic E-state index is -1.03. The Balaban J connectivity index is 2.76. The highest BCUT2D eigenvalue weighted by Crippen LogP contribution is 2.13. The van der Waals surface area contributed by atoms with Gasteiger partial charge in [-0.05, 0) is 24.5 Å². The Morgan fingerprint density at radius 2 is 2.25 bits per heavy atom. The Labute approximate surface area is 94.5 Å². The number of aromatic nitrogens is 2. The zero-order chi connectivity index (χ0) is 11.7.